The molecule has 416 valence electrons. The van der Waals surface area contributed by atoms with Crippen LogP contribution in [-0.4, -0.2) is 126 Å². The lowest BCUT2D eigenvalue weighted by Crippen LogP contribution is -2.50. The predicted molar refractivity (Wildman–Crippen MR) is 302 cm³/mol. The number of fused-ring (bicyclic) bond motifs is 2. The maximum Gasteiger partial charge on any atom is 0.343 e. The van der Waals surface area contributed by atoms with E-state index in [1.807, 2.05) is 24.3 Å². The van der Waals surface area contributed by atoms with Gasteiger partial charge in [0, 0.05) is 111 Å². The van der Waals surface area contributed by atoms with Crippen LogP contribution in [0.1, 0.15) is 118 Å². The van der Waals surface area contributed by atoms with Crippen LogP contribution in [0.4, 0.5) is 5.69 Å². The van der Waals surface area contributed by atoms with Gasteiger partial charge in [0.1, 0.15) is 40.8 Å². The third-order valence-electron chi connectivity index (χ3n) is 14.1. The van der Waals surface area contributed by atoms with Crippen LogP contribution >= 0.6 is 23.5 Å². The summed E-state index contributed by atoms with van der Waals surface area (Å²) in [4.78, 5) is 90.7. The molecule has 2 unspecified atom stereocenters. The van der Waals surface area contributed by atoms with Gasteiger partial charge in [-0.1, -0.05) is 71.2 Å². The maximum atomic E-state index is 14.5. The van der Waals surface area contributed by atoms with E-state index in [4.69, 9.17) is 4.42 Å². The lowest BCUT2D eigenvalue weighted by atomic mass is 9.90. The van der Waals surface area contributed by atoms with Gasteiger partial charge in [-0.25, -0.2) is 4.58 Å². The molecule has 1 saturated heterocycles. The Hall–Kier alpha value is -5.76. The van der Waals surface area contributed by atoms with Crippen molar-refractivity contribution >= 4 is 79.7 Å². The Morgan fingerprint density at radius 1 is 0.753 bits per heavy atom. The summed E-state index contributed by atoms with van der Waals surface area (Å²) in [6, 6.07) is 25.2. The number of unbranched alkanes of at least 4 members (excludes halogenated alkanes) is 4. The Balaban J connectivity index is 0.959. The van der Waals surface area contributed by atoms with E-state index in [0.29, 0.717) is 75.8 Å². The number of alkyl halides is 1. The van der Waals surface area contributed by atoms with Gasteiger partial charge in [0.15, 0.2) is 5.78 Å². The minimum atomic E-state index is -4.61. The molecule has 2 atom stereocenters. The van der Waals surface area contributed by atoms with Gasteiger partial charge >= 0.3 is 7.60 Å². The summed E-state index contributed by atoms with van der Waals surface area (Å²) in [5.74, 6) is -1.82. The molecular weight excluding hydrogens is 1090 g/mol. The van der Waals surface area contributed by atoms with Gasteiger partial charge in [-0.3, -0.25) is 33.1 Å². The van der Waals surface area contributed by atoms with Gasteiger partial charge in [0.25, 0.3) is 16.0 Å². The third kappa shape index (κ3) is 16.9. The van der Waals surface area contributed by atoms with Gasteiger partial charge in [0.05, 0.1) is 6.07 Å². The molecule has 2 heterocycles. The van der Waals surface area contributed by atoms with Crippen molar-refractivity contribution in [3.63, 3.8) is 0 Å². The van der Waals surface area contributed by atoms with E-state index in [2.05, 4.69) is 100 Å². The Kier molecular flexibility index (Phi) is 22.2. The predicted octanol–water partition coefficient (Wildman–Crippen LogP) is 7.88. The van der Waals surface area contributed by atoms with Crippen LogP contribution in [0.2, 0.25) is 0 Å². The second-order valence-corrected chi connectivity index (χ2v) is 24.1. The molecule has 77 heavy (non-hydrogen) atoms. The van der Waals surface area contributed by atoms with Crippen molar-refractivity contribution < 1.29 is 55.7 Å². The number of hydrogen-bond donors (Lipinski definition) is 5. The number of carbonyl (C=O) groups excluding carboxylic acids is 5. The molecule has 0 spiro atoms. The minimum Gasteiger partial charge on any atom is -0.456 e. The van der Waals surface area contributed by atoms with Crippen molar-refractivity contribution in [2.75, 3.05) is 63.0 Å². The standard InChI is InChI=1S/C56H72BrN6O12PS/c1-5-60(6-2)41-27-29-45-49(35-41)75-50-36-42(61(7-3)8-4)28-30-46(50)54(45)43-17-13-14-18-44(43)56(68)63-33-31-62(32-34-63)53(67)22-16-15-21-52(66)59-47(38-77(72,73)74)48(64)19-11-9-10-12-20-51(65)58-37-39-23-25-40(26-24-39)55(57)76(69,70)71/h13-14,17-18,23-30,35-36,47,55H,5-12,15-16,19-22,31-34,37-38H2,1-4H3,(H4-,58,59,65,66,69,70,71,72,73,74)/p+1. The summed E-state index contributed by atoms with van der Waals surface area (Å²) in [7, 11) is -8.96. The normalized spacial score (nSPS) is 13.8. The number of hydrogen-bond acceptors (Lipinski definition) is 10. The fourth-order valence-corrected chi connectivity index (χ4v) is 11.3. The number of nitrogens with one attached hydrogen (secondary N) is 2. The van der Waals surface area contributed by atoms with E-state index in [1.165, 1.54) is 0 Å². The molecule has 0 aromatic heterocycles. The van der Waals surface area contributed by atoms with Crippen molar-refractivity contribution in [3.8, 4) is 22.5 Å². The number of anilines is 1. The number of halogens is 1. The van der Waals surface area contributed by atoms with Crippen molar-refractivity contribution in [2.45, 2.75) is 109 Å². The lowest BCUT2D eigenvalue weighted by molar-refractivity contribution is -0.133. The Morgan fingerprint density at radius 3 is 2.03 bits per heavy atom. The number of piperazine rings is 1. The van der Waals surface area contributed by atoms with Crippen LogP contribution in [0.15, 0.2) is 89.3 Å². The molecular formula is C56H73BrN6O12PS+. The van der Waals surface area contributed by atoms with E-state index in [9.17, 15) is 51.3 Å². The molecule has 1 aliphatic carbocycles. The lowest BCUT2D eigenvalue weighted by Gasteiger charge is -2.35. The smallest absolute Gasteiger partial charge is 0.343 e. The highest BCUT2D eigenvalue weighted by Gasteiger charge is 2.30. The number of Topliss-reactive ketones (excluding diaryl/α,β-unsaturated/α-hetero) is 1. The zero-order valence-electron chi connectivity index (χ0n) is 44.4. The fraction of sp³-hybridized carbons (Fsp3) is 0.464. The van der Waals surface area contributed by atoms with E-state index in [0.717, 1.165) is 76.2 Å². The highest BCUT2D eigenvalue weighted by molar-refractivity contribution is 9.10. The van der Waals surface area contributed by atoms with Gasteiger partial charge in [-0.05, 0) is 94.3 Å². The van der Waals surface area contributed by atoms with E-state index < -0.39 is 45.8 Å². The first-order chi connectivity index (χ1) is 36.7. The first-order valence-electron chi connectivity index (χ1n) is 26.6. The molecule has 3 aromatic carbocycles. The summed E-state index contributed by atoms with van der Waals surface area (Å²) in [5, 5.41) is 7.20. The molecule has 0 saturated carbocycles. The van der Waals surface area contributed by atoms with E-state index >= 15 is 0 Å². The highest BCUT2D eigenvalue weighted by Crippen LogP contribution is 2.55. The first-order valence-corrected chi connectivity index (χ1v) is 30.8. The number of amides is 4. The molecule has 4 amide bonds. The number of carbonyl (C=O) groups is 5. The Labute approximate surface area is 459 Å². The van der Waals surface area contributed by atoms with Crippen LogP contribution < -0.4 is 25.5 Å². The largest absolute Gasteiger partial charge is 0.456 e. The Morgan fingerprint density at radius 2 is 1.38 bits per heavy atom. The molecule has 18 nitrogen and oxygen atoms in total. The molecule has 1 fully saturated rings. The van der Waals surface area contributed by atoms with Crippen LogP contribution in [0, 0.1) is 0 Å². The highest BCUT2D eigenvalue weighted by atomic mass is 79.9. The average Bonchev–Trinajstić information content (AvgIpc) is 3.42. The summed E-state index contributed by atoms with van der Waals surface area (Å²) in [6.07, 6.45) is 3.00. The quantitative estimate of drug-likeness (QED) is 0.00840. The monoisotopic (exact) mass is 1160 g/mol. The number of rotatable bonds is 27. The first kappa shape index (κ1) is 60.5. The van der Waals surface area contributed by atoms with E-state index in [1.54, 1.807) is 34.1 Å². The second-order valence-electron chi connectivity index (χ2n) is 19.3. The molecule has 3 aromatic rings. The molecule has 0 bridgehead atoms. The third-order valence-corrected chi connectivity index (χ3v) is 17.8. The van der Waals surface area contributed by atoms with Gasteiger partial charge in [0.2, 0.25) is 23.1 Å². The topological polar surface area (TPSA) is 247 Å². The zero-order chi connectivity index (χ0) is 55.9. The average molecular weight is 1170 g/mol. The van der Waals surface area contributed by atoms with Gasteiger partial charge in [-0.15, -0.1) is 0 Å². The zero-order valence-corrected chi connectivity index (χ0v) is 47.7. The van der Waals surface area contributed by atoms with Crippen LogP contribution in [0.25, 0.3) is 33.4 Å². The minimum absolute atomic E-state index is 0.0476. The van der Waals surface area contributed by atoms with E-state index in [-0.39, 0.29) is 49.9 Å². The summed E-state index contributed by atoms with van der Waals surface area (Å²) >= 11 is 3.00. The SMILES string of the molecule is CCN(CC)c1ccc2c(-c3ccccc3C(=O)N3CCN(C(=O)CCCCC(=O)NC(CS(=O)(=O)O)C(=O)CCCCCCC(=O)NCc4ccc(C(Br)P(=O)(O)O)cc4)CC3)c3ccc(=[N+](CC)CC)cc-3oc2c1. The molecule has 3 aliphatic rings. The van der Waals surface area contributed by atoms with Crippen LogP contribution in [0.3, 0.4) is 0 Å². The molecule has 0 radical (unpaired) electrons. The van der Waals surface area contributed by atoms with Crippen LogP contribution in [0.5, 0.6) is 0 Å². The number of nitrogens with zero attached hydrogens (tertiary/aromatic N) is 4. The number of ketones is 1. The summed E-state index contributed by atoms with van der Waals surface area (Å²) in [5.41, 5.74) is 6.07. The van der Waals surface area contributed by atoms with Crippen molar-refractivity contribution in [3.05, 3.63) is 107 Å². The molecule has 5 N–H and O–H groups in total. The van der Waals surface area contributed by atoms with Gasteiger partial charge in [-0.2, -0.15) is 8.42 Å². The molecule has 2 aliphatic heterocycles. The number of benzene rings is 4. The Bertz CT molecular complexity index is 3070. The van der Waals surface area contributed by atoms with Crippen molar-refractivity contribution in [1.29, 1.82) is 0 Å². The fourth-order valence-electron chi connectivity index (χ4n) is 9.75. The van der Waals surface area contributed by atoms with Gasteiger partial charge < -0.3 is 39.5 Å². The molecule has 21 heteroatoms. The van der Waals surface area contributed by atoms with Crippen molar-refractivity contribution in [2.24, 2.45) is 0 Å². The summed E-state index contributed by atoms with van der Waals surface area (Å²) in [6.45, 7) is 13.4. The molecule has 6 rings (SSSR count). The van der Waals surface area contributed by atoms with Crippen LogP contribution in [-0.2, 0) is 40.4 Å². The summed E-state index contributed by atoms with van der Waals surface area (Å²) < 4.78 is 52.5. The van der Waals surface area contributed by atoms with Crippen molar-refractivity contribution in [1.82, 2.24) is 25.0 Å². The second kappa shape index (κ2) is 28.2. The maximum absolute atomic E-state index is 14.5.